The van der Waals surface area contributed by atoms with Gasteiger partial charge >= 0.3 is 12.1 Å². The van der Waals surface area contributed by atoms with E-state index in [1.54, 1.807) is 6.08 Å². The highest BCUT2D eigenvalue weighted by molar-refractivity contribution is 5.83. The Labute approximate surface area is 200 Å². The Morgan fingerprint density at radius 1 is 1.00 bits per heavy atom. The third-order valence-electron chi connectivity index (χ3n) is 5.99. The minimum Gasteiger partial charge on any atom is -0.480 e. The number of unbranched alkanes of at least 4 members (excludes halogenated alkanes) is 2. The van der Waals surface area contributed by atoms with E-state index in [4.69, 9.17) is 9.84 Å². The van der Waals surface area contributed by atoms with Crippen LogP contribution in [0.2, 0.25) is 0 Å². The number of ether oxygens (including phenoxy) is 1. The Balaban J connectivity index is 1.33. The van der Waals surface area contributed by atoms with Crippen LogP contribution in [0.25, 0.3) is 11.1 Å². The summed E-state index contributed by atoms with van der Waals surface area (Å²) in [7, 11) is 0. The maximum atomic E-state index is 12.2. The smallest absolute Gasteiger partial charge is 0.407 e. The van der Waals surface area contributed by atoms with Crippen LogP contribution < -0.4 is 10.6 Å². The van der Waals surface area contributed by atoms with Gasteiger partial charge in [-0.25, -0.2) is 9.59 Å². The molecule has 7 heteroatoms. The molecule has 2 aromatic rings. The fourth-order valence-electron chi connectivity index (χ4n) is 4.24. The Hall–Kier alpha value is -3.61. The van der Waals surface area contributed by atoms with E-state index in [0.717, 1.165) is 6.42 Å². The number of carbonyl (C=O) groups excluding carboxylic acids is 2. The zero-order chi connectivity index (χ0) is 24.3. The van der Waals surface area contributed by atoms with Crippen molar-refractivity contribution in [2.45, 2.75) is 50.5 Å². The lowest BCUT2D eigenvalue weighted by Crippen LogP contribution is -2.40. The molecule has 7 nitrogen and oxygen atoms in total. The van der Waals surface area contributed by atoms with Crippen molar-refractivity contribution in [3.8, 4) is 11.1 Å². The first-order valence-corrected chi connectivity index (χ1v) is 11.7. The Morgan fingerprint density at radius 2 is 1.65 bits per heavy atom. The molecule has 0 radical (unpaired) electrons. The van der Waals surface area contributed by atoms with Crippen LogP contribution in [0.4, 0.5) is 4.79 Å². The van der Waals surface area contributed by atoms with Crippen LogP contribution in [0.3, 0.4) is 0 Å². The SMILES string of the molecule is C=CCCC(NC(=O)CCCCCNC(=O)OCC1c2ccccc2-c2ccccc21)C(=O)O. The van der Waals surface area contributed by atoms with Crippen LogP contribution in [-0.2, 0) is 14.3 Å². The molecule has 0 heterocycles. The summed E-state index contributed by atoms with van der Waals surface area (Å²) in [5.74, 6) is -1.29. The van der Waals surface area contributed by atoms with E-state index in [0.29, 0.717) is 32.2 Å². The Bertz CT molecular complexity index is 974. The van der Waals surface area contributed by atoms with Crippen LogP contribution in [0, 0.1) is 0 Å². The maximum Gasteiger partial charge on any atom is 0.407 e. The van der Waals surface area contributed by atoms with Crippen LogP contribution in [-0.4, -0.2) is 42.3 Å². The van der Waals surface area contributed by atoms with E-state index < -0.39 is 18.1 Å². The van der Waals surface area contributed by atoms with Gasteiger partial charge in [-0.15, -0.1) is 6.58 Å². The Morgan fingerprint density at radius 3 is 2.26 bits per heavy atom. The number of amides is 2. The van der Waals surface area contributed by atoms with Crippen molar-refractivity contribution in [2.24, 2.45) is 0 Å². The van der Waals surface area contributed by atoms with Crippen LogP contribution in [0.5, 0.6) is 0 Å². The first-order chi connectivity index (χ1) is 16.5. The normalized spacial score (nSPS) is 12.8. The van der Waals surface area contributed by atoms with Crippen LogP contribution in [0.15, 0.2) is 61.2 Å². The van der Waals surface area contributed by atoms with Gasteiger partial charge in [0.2, 0.25) is 5.91 Å². The molecule has 3 N–H and O–H groups in total. The molecule has 0 fully saturated rings. The van der Waals surface area contributed by atoms with Crippen molar-refractivity contribution in [2.75, 3.05) is 13.2 Å². The average Bonchev–Trinajstić information content (AvgIpc) is 3.16. The van der Waals surface area contributed by atoms with Crippen molar-refractivity contribution in [3.63, 3.8) is 0 Å². The van der Waals surface area contributed by atoms with Gasteiger partial charge in [-0.05, 0) is 47.9 Å². The zero-order valence-electron chi connectivity index (χ0n) is 19.3. The summed E-state index contributed by atoms with van der Waals surface area (Å²) in [4.78, 5) is 35.3. The molecule has 0 saturated carbocycles. The number of alkyl carbamates (subject to hydrolysis) is 1. The molecular formula is C27H32N2O5. The molecular weight excluding hydrogens is 432 g/mol. The maximum absolute atomic E-state index is 12.2. The second-order valence-electron chi connectivity index (χ2n) is 8.39. The first kappa shape index (κ1) is 25.0. The van der Waals surface area contributed by atoms with Crippen LogP contribution >= 0.6 is 0 Å². The summed E-state index contributed by atoms with van der Waals surface area (Å²) in [5, 5.41) is 14.5. The fraction of sp³-hybridized carbons (Fsp3) is 0.370. The average molecular weight is 465 g/mol. The van der Waals surface area contributed by atoms with Gasteiger partial charge in [0.05, 0.1) is 0 Å². The third-order valence-corrected chi connectivity index (χ3v) is 5.99. The molecule has 34 heavy (non-hydrogen) atoms. The zero-order valence-corrected chi connectivity index (χ0v) is 19.3. The van der Waals surface area contributed by atoms with Gasteiger partial charge in [-0.1, -0.05) is 61.0 Å². The molecule has 0 saturated heterocycles. The summed E-state index contributed by atoms with van der Waals surface area (Å²) in [5.41, 5.74) is 4.71. The van der Waals surface area contributed by atoms with Gasteiger partial charge in [-0.2, -0.15) is 0 Å². The number of carbonyl (C=O) groups is 3. The minimum atomic E-state index is -1.04. The Kier molecular flexibility index (Phi) is 9.26. The predicted octanol–water partition coefficient (Wildman–Crippen LogP) is 4.62. The number of carboxylic acid groups (broad SMARTS) is 1. The summed E-state index contributed by atoms with van der Waals surface area (Å²) in [6.45, 7) is 4.29. The van der Waals surface area contributed by atoms with Crippen molar-refractivity contribution in [3.05, 3.63) is 72.3 Å². The fourth-order valence-corrected chi connectivity index (χ4v) is 4.24. The number of benzene rings is 2. The second kappa shape index (κ2) is 12.6. The predicted molar refractivity (Wildman–Crippen MR) is 131 cm³/mol. The van der Waals surface area contributed by atoms with E-state index in [2.05, 4.69) is 41.5 Å². The molecule has 0 aliphatic heterocycles. The molecule has 180 valence electrons. The number of hydrogen-bond acceptors (Lipinski definition) is 4. The second-order valence-corrected chi connectivity index (χ2v) is 8.39. The molecule has 0 bridgehead atoms. The van der Waals surface area contributed by atoms with Gasteiger partial charge in [0.15, 0.2) is 0 Å². The number of aliphatic carboxylic acids is 1. The number of rotatable bonds is 13. The third kappa shape index (κ3) is 6.70. The van der Waals surface area contributed by atoms with Crippen molar-refractivity contribution in [1.82, 2.24) is 10.6 Å². The molecule has 0 spiro atoms. The van der Waals surface area contributed by atoms with Gasteiger partial charge in [0.25, 0.3) is 0 Å². The lowest BCUT2D eigenvalue weighted by molar-refractivity contribution is -0.142. The topological polar surface area (TPSA) is 105 Å². The number of carboxylic acids is 1. The molecule has 0 aromatic heterocycles. The standard InChI is InChI=1S/C27H32N2O5/c1-2-3-15-24(26(31)32)29-25(30)16-5-4-10-17-28-27(33)34-18-23-21-13-8-6-11-19(21)20-12-7-9-14-22(20)23/h2,6-9,11-14,23-24H,1,3-5,10,15-18H2,(H,28,33)(H,29,30)(H,31,32). The first-order valence-electron chi connectivity index (χ1n) is 11.7. The monoisotopic (exact) mass is 464 g/mol. The van der Waals surface area contributed by atoms with E-state index in [1.165, 1.54) is 22.3 Å². The number of allylic oxidation sites excluding steroid dienone is 1. The van der Waals surface area contributed by atoms with E-state index in [-0.39, 0.29) is 24.9 Å². The van der Waals surface area contributed by atoms with E-state index in [1.807, 2.05) is 24.3 Å². The van der Waals surface area contributed by atoms with Crippen molar-refractivity contribution in [1.29, 1.82) is 0 Å². The quantitative estimate of drug-likeness (QED) is 0.296. The lowest BCUT2D eigenvalue weighted by Gasteiger charge is -2.14. The molecule has 1 unspecified atom stereocenters. The minimum absolute atomic E-state index is 0.0257. The highest BCUT2D eigenvalue weighted by Gasteiger charge is 2.28. The summed E-state index contributed by atoms with van der Waals surface area (Å²) >= 11 is 0. The molecule has 3 rings (SSSR count). The largest absolute Gasteiger partial charge is 0.480 e. The molecule has 1 aliphatic carbocycles. The summed E-state index contributed by atoms with van der Waals surface area (Å²) in [6.07, 6.45) is 4.34. The molecule has 1 atom stereocenters. The highest BCUT2D eigenvalue weighted by atomic mass is 16.5. The molecule has 2 amide bonds. The van der Waals surface area contributed by atoms with E-state index >= 15 is 0 Å². The number of hydrogen-bond donors (Lipinski definition) is 3. The number of fused-ring (bicyclic) bond motifs is 3. The van der Waals surface area contributed by atoms with Gasteiger partial charge < -0.3 is 20.5 Å². The molecule has 1 aliphatic rings. The van der Waals surface area contributed by atoms with Gasteiger partial charge in [-0.3, -0.25) is 4.79 Å². The number of nitrogens with one attached hydrogen (secondary N) is 2. The van der Waals surface area contributed by atoms with Crippen molar-refractivity contribution < 1.29 is 24.2 Å². The highest BCUT2D eigenvalue weighted by Crippen LogP contribution is 2.44. The summed E-state index contributed by atoms with van der Waals surface area (Å²) in [6, 6.07) is 15.5. The summed E-state index contributed by atoms with van der Waals surface area (Å²) < 4.78 is 5.51. The van der Waals surface area contributed by atoms with Crippen LogP contribution in [0.1, 0.15) is 55.6 Å². The van der Waals surface area contributed by atoms with Gasteiger partial charge in [0, 0.05) is 18.9 Å². The lowest BCUT2D eigenvalue weighted by atomic mass is 9.98. The van der Waals surface area contributed by atoms with Gasteiger partial charge in [0.1, 0.15) is 12.6 Å². The van der Waals surface area contributed by atoms with E-state index in [9.17, 15) is 14.4 Å². The van der Waals surface area contributed by atoms with Crippen molar-refractivity contribution >= 4 is 18.0 Å². The molecule has 2 aromatic carbocycles.